The van der Waals surface area contributed by atoms with Gasteiger partial charge >= 0.3 is 6.98 Å². The zero-order valence-electron chi connectivity index (χ0n) is 17.6. The Labute approximate surface area is 182 Å². The Kier molecular flexibility index (Phi) is 4.83. The van der Waals surface area contributed by atoms with Gasteiger partial charge in [-0.1, -0.05) is 84.3 Å². The molecule has 31 heavy (non-hydrogen) atoms. The summed E-state index contributed by atoms with van der Waals surface area (Å²) in [7, 11) is 0. The Morgan fingerprint density at radius 2 is 1.26 bits per heavy atom. The number of rotatable bonds is 4. The third-order valence-electron chi connectivity index (χ3n) is 5.83. The number of carbonyl (C=O) groups excluding carboxylic acids is 1. The normalized spacial score (nSPS) is 13.0. The van der Waals surface area contributed by atoms with Crippen LogP contribution in [-0.2, 0) is 0 Å². The molecule has 0 aliphatic carbocycles. The largest absolute Gasteiger partial charge is 0.405 e. The van der Waals surface area contributed by atoms with Crippen LogP contribution in [0.1, 0.15) is 34.0 Å². The number of aryl methyl sites for hydroxylation is 1. The molecule has 5 rings (SSSR count). The van der Waals surface area contributed by atoms with E-state index in [2.05, 4.69) is 84.0 Å². The Balaban J connectivity index is 1.58. The molecule has 0 bridgehead atoms. The lowest BCUT2D eigenvalue weighted by Gasteiger charge is -2.25. The Morgan fingerprint density at radius 1 is 0.742 bits per heavy atom. The van der Waals surface area contributed by atoms with Crippen LogP contribution in [0.15, 0.2) is 90.9 Å². The second-order valence-corrected chi connectivity index (χ2v) is 8.06. The topological polar surface area (TPSA) is 41.1 Å². The molecular weight excluding hydrogens is 379 g/mol. The molecule has 2 N–H and O–H groups in total. The lowest BCUT2D eigenvalue weighted by atomic mass is 9.70. The second-order valence-electron chi connectivity index (χ2n) is 8.06. The van der Waals surface area contributed by atoms with Crippen molar-refractivity contribution in [3.8, 4) is 0 Å². The number of benzene rings is 4. The maximum absolute atomic E-state index is 11.7. The lowest BCUT2D eigenvalue weighted by molar-refractivity contribution is 0.101. The van der Waals surface area contributed by atoms with E-state index in [4.69, 9.17) is 0 Å². The summed E-state index contributed by atoms with van der Waals surface area (Å²) in [6.07, 6.45) is 0. The first-order valence-electron chi connectivity index (χ1n) is 10.5. The molecule has 0 fully saturated rings. The molecule has 0 saturated heterocycles. The number of carbonyl (C=O) groups is 1. The first-order chi connectivity index (χ1) is 15.1. The highest BCUT2D eigenvalue weighted by atomic mass is 16.1. The molecule has 0 aromatic heterocycles. The summed E-state index contributed by atoms with van der Waals surface area (Å²) in [6, 6.07) is 29.1. The molecule has 1 aliphatic heterocycles. The van der Waals surface area contributed by atoms with E-state index in [0.29, 0.717) is 0 Å². The molecule has 0 radical (unpaired) electrons. The van der Waals surface area contributed by atoms with E-state index in [1.165, 1.54) is 16.3 Å². The first kappa shape index (κ1) is 19.2. The van der Waals surface area contributed by atoms with Crippen LogP contribution in [-0.4, -0.2) is 12.8 Å². The Hall–Kier alpha value is -3.79. The van der Waals surface area contributed by atoms with Crippen LogP contribution in [0.2, 0.25) is 0 Å². The summed E-state index contributed by atoms with van der Waals surface area (Å²) < 4.78 is 0. The smallest absolute Gasteiger partial charge is 0.399 e. The van der Waals surface area contributed by atoms with Gasteiger partial charge < -0.3 is 10.5 Å². The van der Waals surface area contributed by atoms with Gasteiger partial charge in [0.25, 0.3) is 0 Å². The number of Topliss-reactive ketones (excluding diaryl/α,β-unsaturated/α-hetero) is 1. The minimum atomic E-state index is -0.0655. The van der Waals surface area contributed by atoms with Crippen LogP contribution in [0, 0.1) is 6.92 Å². The zero-order valence-corrected chi connectivity index (χ0v) is 17.6. The van der Waals surface area contributed by atoms with Crippen molar-refractivity contribution in [3.05, 3.63) is 113 Å². The minimum absolute atomic E-state index is 0.0655. The number of anilines is 2. The fourth-order valence-electron chi connectivity index (χ4n) is 4.18. The summed E-state index contributed by atoms with van der Waals surface area (Å²) in [5.74, 6) is 2.30. The zero-order chi connectivity index (χ0) is 21.4. The van der Waals surface area contributed by atoms with Gasteiger partial charge in [0, 0.05) is 22.3 Å². The third-order valence-corrected chi connectivity index (χ3v) is 5.83. The van der Waals surface area contributed by atoms with Crippen molar-refractivity contribution in [2.75, 3.05) is 10.5 Å². The van der Waals surface area contributed by atoms with Gasteiger partial charge in [0.1, 0.15) is 0 Å². The average molecular weight is 402 g/mol. The fraction of sp³-hybridized carbons (Fsp3) is 0.0741. The van der Waals surface area contributed by atoms with E-state index in [9.17, 15) is 4.79 Å². The standard InChI is InChI=1S/C27H23BN2O/c1-18-9-11-21(12-10-18)24(22-15-13-20(14-16-22)19(2)31)17-28-29-25-7-3-5-23-6-4-8-26(30-28)27(23)25/h3-17,29-30H,1-2H3/b24-17+. The van der Waals surface area contributed by atoms with Crippen molar-refractivity contribution in [1.82, 2.24) is 0 Å². The molecular formula is C27H23BN2O. The second kappa shape index (κ2) is 7.80. The van der Waals surface area contributed by atoms with Gasteiger partial charge in [-0.3, -0.25) is 4.79 Å². The molecule has 4 aromatic carbocycles. The van der Waals surface area contributed by atoms with E-state index < -0.39 is 0 Å². The van der Waals surface area contributed by atoms with E-state index in [-0.39, 0.29) is 12.8 Å². The van der Waals surface area contributed by atoms with Crippen molar-refractivity contribution >= 4 is 40.5 Å². The predicted molar refractivity (Wildman–Crippen MR) is 132 cm³/mol. The Morgan fingerprint density at radius 3 is 1.81 bits per heavy atom. The predicted octanol–water partition coefficient (Wildman–Crippen LogP) is 6.35. The summed E-state index contributed by atoms with van der Waals surface area (Å²) in [5.41, 5.74) is 7.54. The Bertz CT molecular complexity index is 1270. The summed E-state index contributed by atoms with van der Waals surface area (Å²) in [4.78, 5) is 11.7. The van der Waals surface area contributed by atoms with Crippen molar-refractivity contribution in [3.63, 3.8) is 0 Å². The monoisotopic (exact) mass is 402 g/mol. The van der Waals surface area contributed by atoms with E-state index in [1.54, 1.807) is 6.92 Å². The van der Waals surface area contributed by atoms with E-state index in [0.717, 1.165) is 33.6 Å². The number of hydrogen-bond donors (Lipinski definition) is 2. The van der Waals surface area contributed by atoms with Crippen molar-refractivity contribution in [1.29, 1.82) is 0 Å². The maximum atomic E-state index is 11.7. The molecule has 3 nitrogen and oxygen atoms in total. The molecule has 4 aromatic rings. The summed E-state index contributed by atoms with van der Waals surface area (Å²) >= 11 is 0. The maximum Gasteiger partial charge on any atom is 0.399 e. The van der Waals surface area contributed by atoms with Gasteiger partial charge in [-0.15, -0.1) is 0 Å². The molecule has 150 valence electrons. The molecule has 0 amide bonds. The highest BCUT2D eigenvalue weighted by Gasteiger charge is 2.23. The molecule has 1 heterocycles. The molecule has 0 atom stereocenters. The highest BCUT2D eigenvalue weighted by Crippen LogP contribution is 2.35. The number of nitrogens with one attached hydrogen (secondary N) is 2. The van der Waals surface area contributed by atoms with Gasteiger partial charge in [0.2, 0.25) is 0 Å². The van der Waals surface area contributed by atoms with E-state index in [1.807, 2.05) is 24.3 Å². The summed E-state index contributed by atoms with van der Waals surface area (Å²) in [6.45, 7) is 3.63. The lowest BCUT2D eigenvalue weighted by Crippen LogP contribution is -2.35. The van der Waals surface area contributed by atoms with Crippen LogP contribution in [0.4, 0.5) is 11.4 Å². The first-order valence-corrected chi connectivity index (χ1v) is 10.5. The van der Waals surface area contributed by atoms with Gasteiger partial charge in [0.15, 0.2) is 5.78 Å². The third kappa shape index (κ3) is 3.73. The quantitative estimate of drug-likeness (QED) is 0.309. The summed E-state index contributed by atoms with van der Waals surface area (Å²) in [5, 5.41) is 9.70. The van der Waals surface area contributed by atoms with Crippen molar-refractivity contribution < 1.29 is 4.79 Å². The fourth-order valence-corrected chi connectivity index (χ4v) is 4.18. The van der Waals surface area contributed by atoms with Gasteiger partial charge in [-0.25, -0.2) is 0 Å². The molecule has 0 saturated carbocycles. The van der Waals surface area contributed by atoms with Gasteiger partial charge in [0.05, 0.1) is 0 Å². The van der Waals surface area contributed by atoms with Crippen LogP contribution in [0.5, 0.6) is 0 Å². The van der Waals surface area contributed by atoms with Crippen molar-refractivity contribution in [2.24, 2.45) is 0 Å². The van der Waals surface area contributed by atoms with Crippen LogP contribution in [0.3, 0.4) is 0 Å². The van der Waals surface area contributed by atoms with Gasteiger partial charge in [-0.2, -0.15) is 0 Å². The molecule has 4 heteroatoms. The van der Waals surface area contributed by atoms with E-state index >= 15 is 0 Å². The highest BCUT2D eigenvalue weighted by molar-refractivity contribution is 6.73. The minimum Gasteiger partial charge on any atom is -0.405 e. The average Bonchev–Trinajstić information content (AvgIpc) is 2.79. The molecule has 0 unspecified atom stereocenters. The number of ketones is 1. The molecule has 0 spiro atoms. The van der Waals surface area contributed by atoms with Crippen LogP contribution >= 0.6 is 0 Å². The van der Waals surface area contributed by atoms with Crippen molar-refractivity contribution in [2.45, 2.75) is 13.8 Å². The molecule has 1 aliphatic rings. The van der Waals surface area contributed by atoms with Crippen LogP contribution < -0.4 is 10.5 Å². The van der Waals surface area contributed by atoms with Gasteiger partial charge in [-0.05, 0) is 48.1 Å². The van der Waals surface area contributed by atoms with Crippen LogP contribution in [0.25, 0.3) is 16.3 Å². The SMILES string of the molecule is CC(=O)c1ccc(/C(=C/B2Nc3cccc4cccc(c34)N2)c2ccc(C)cc2)cc1. The number of hydrogen-bond acceptors (Lipinski definition) is 3.